The fraction of sp³-hybridized carbons (Fsp3) is 0.481. The molecule has 4 atom stereocenters. The van der Waals surface area contributed by atoms with Gasteiger partial charge in [0, 0.05) is 5.92 Å². The van der Waals surface area contributed by atoms with E-state index in [4.69, 9.17) is 14.2 Å². The first-order chi connectivity index (χ1) is 15.6. The number of alkyl carbamates (subject to hydrolysis) is 1. The minimum atomic E-state index is -0.838. The Balaban J connectivity index is 2.12. The van der Waals surface area contributed by atoms with Crippen LogP contribution in [0.1, 0.15) is 53.5 Å². The molecule has 2 aromatic rings. The largest absolute Gasteiger partial charge is 0.490 e. The van der Waals surface area contributed by atoms with Gasteiger partial charge in [0.15, 0.2) is 0 Å². The second kappa shape index (κ2) is 12.3. The maximum absolute atomic E-state index is 12.7. The van der Waals surface area contributed by atoms with Crippen LogP contribution in [0, 0.1) is 5.92 Å². The molecule has 33 heavy (non-hydrogen) atoms. The number of hydrogen-bond donors (Lipinski definition) is 1. The zero-order valence-electron chi connectivity index (χ0n) is 20.5. The van der Waals surface area contributed by atoms with Crippen molar-refractivity contribution in [2.45, 2.75) is 78.2 Å². The Labute approximate surface area is 197 Å². The van der Waals surface area contributed by atoms with Crippen LogP contribution in [0.15, 0.2) is 60.7 Å². The quantitative estimate of drug-likeness (QED) is 0.476. The van der Waals surface area contributed by atoms with Crippen molar-refractivity contribution < 1.29 is 23.8 Å². The molecular formula is C27H37NO5. The van der Waals surface area contributed by atoms with E-state index >= 15 is 0 Å². The van der Waals surface area contributed by atoms with Crippen LogP contribution in [0.3, 0.4) is 0 Å². The molecule has 0 aliphatic carbocycles. The van der Waals surface area contributed by atoms with E-state index in [0.717, 1.165) is 17.7 Å². The third kappa shape index (κ3) is 9.16. The van der Waals surface area contributed by atoms with Crippen molar-refractivity contribution in [2.75, 3.05) is 0 Å². The van der Waals surface area contributed by atoms with Crippen LogP contribution in [0.2, 0.25) is 0 Å². The first-order valence-corrected chi connectivity index (χ1v) is 11.5. The van der Waals surface area contributed by atoms with Gasteiger partial charge in [-0.25, -0.2) is 9.59 Å². The van der Waals surface area contributed by atoms with Crippen molar-refractivity contribution in [1.82, 2.24) is 5.32 Å². The molecule has 2 rings (SSSR count). The first-order valence-electron chi connectivity index (χ1n) is 11.5. The summed E-state index contributed by atoms with van der Waals surface area (Å²) in [7, 11) is 0. The highest BCUT2D eigenvalue weighted by atomic mass is 16.6. The van der Waals surface area contributed by atoms with Crippen LogP contribution >= 0.6 is 0 Å². The summed E-state index contributed by atoms with van der Waals surface area (Å²) >= 11 is 0. The summed E-state index contributed by atoms with van der Waals surface area (Å²) in [6, 6.07) is 18.9. The fourth-order valence-electron chi connectivity index (χ4n) is 3.55. The molecule has 0 bridgehead atoms. The molecule has 0 spiro atoms. The SMILES string of the molecule is CC[C@@H](Oc1ccccc1)[C@@H](Cc1ccccc1)[C@H](C)OC(=O)[C@H](C)NC(=O)OC(C)(C)C. The van der Waals surface area contributed by atoms with Gasteiger partial charge in [0.2, 0.25) is 0 Å². The zero-order valence-corrected chi connectivity index (χ0v) is 20.5. The molecule has 0 radical (unpaired) electrons. The number of ether oxygens (including phenoxy) is 3. The molecule has 0 fully saturated rings. The van der Waals surface area contributed by atoms with E-state index in [9.17, 15) is 9.59 Å². The third-order valence-electron chi connectivity index (χ3n) is 5.22. The molecule has 0 heterocycles. The minimum Gasteiger partial charge on any atom is -0.490 e. The smallest absolute Gasteiger partial charge is 0.408 e. The number of nitrogens with one attached hydrogen (secondary N) is 1. The van der Waals surface area contributed by atoms with E-state index in [1.54, 1.807) is 27.7 Å². The lowest BCUT2D eigenvalue weighted by atomic mass is 9.88. The Bertz CT molecular complexity index is 863. The number of benzene rings is 2. The summed E-state index contributed by atoms with van der Waals surface area (Å²) in [6.07, 6.45) is 0.187. The summed E-state index contributed by atoms with van der Waals surface area (Å²) in [6.45, 7) is 10.8. The maximum atomic E-state index is 12.7. The van der Waals surface area contributed by atoms with E-state index < -0.39 is 29.8 Å². The summed E-state index contributed by atoms with van der Waals surface area (Å²) in [5, 5.41) is 2.55. The summed E-state index contributed by atoms with van der Waals surface area (Å²) in [4.78, 5) is 24.8. The monoisotopic (exact) mass is 455 g/mol. The highest BCUT2D eigenvalue weighted by Gasteiger charge is 2.32. The number of hydrogen-bond acceptors (Lipinski definition) is 5. The lowest BCUT2D eigenvalue weighted by Gasteiger charge is -2.32. The number of para-hydroxylation sites is 1. The predicted molar refractivity (Wildman–Crippen MR) is 129 cm³/mol. The van der Waals surface area contributed by atoms with Gasteiger partial charge in [0.05, 0.1) is 0 Å². The van der Waals surface area contributed by atoms with Gasteiger partial charge < -0.3 is 19.5 Å². The van der Waals surface area contributed by atoms with Crippen molar-refractivity contribution >= 4 is 12.1 Å². The normalized spacial score (nSPS) is 15.0. The summed E-state index contributed by atoms with van der Waals surface area (Å²) in [5.41, 5.74) is 0.491. The van der Waals surface area contributed by atoms with Crippen LogP contribution in [0.4, 0.5) is 4.79 Å². The van der Waals surface area contributed by atoms with E-state index in [-0.39, 0.29) is 12.0 Å². The minimum absolute atomic E-state index is 0.0877. The Morgan fingerprint density at radius 2 is 1.52 bits per heavy atom. The molecule has 1 N–H and O–H groups in total. The highest BCUT2D eigenvalue weighted by Crippen LogP contribution is 2.26. The Kier molecular flexibility index (Phi) is 9.76. The Morgan fingerprint density at radius 3 is 2.06 bits per heavy atom. The van der Waals surface area contributed by atoms with Crippen LogP contribution in [-0.2, 0) is 20.7 Å². The molecule has 0 aromatic heterocycles. The molecule has 0 aliphatic heterocycles. The van der Waals surface area contributed by atoms with Crippen LogP contribution < -0.4 is 10.1 Å². The Hall–Kier alpha value is -3.02. The van der Waals surface area contributed by atoms with E-state index in [2.05, 4.69) is 24.4 Å². The molecule has 6 nitrogen and oxygen atoms in total. The maximum Gasteiger partial charge on any atom is 0.408 e. The lowest BCUT2D eigenvalue weighted by molar-refractivity contribution is -0.154. The van der Waals surface area contributed by atoms with Crippen molar-refractivity contribution in [1.29, 1.82) is 0 Å². The topological polar surface area (TPSA) is 73.9 Å². The van der Waals surface area contributed by atoms with E-state index in [1.807, 2.05) is 55.5 Å². The van der Waals surface area contributed by atoms with Crippen LogP contribution in [0.25, 0.3) is 0 Å². The molecule has 0 saturated carbocycles. The molecule has 0 aliphatic rings. The van der Waals surface area contributed by atoms with E-state index in [0.29, 0.717) is 6.42 Å². The van der Waals surface area contributed by atoms with Crippen molar-refractivity contribution in [3.05, 3.63) is 66.2 Å². The average Bonchev–Trinajstić information content (AvgIpc) is 2.76. The molecular weight excluding hydrogens is 418 g/mol. The second-order valence-corrected chi connectivity index (χ2v) is 9.24. The van der Waals surface area contributed by atoms with Gasteiger partial charge in [-0.15, -0.1) is 0 Å². The molecule has 2 aromatic carbocycles. The van der Waals surface area contributed by atoms with Crippen molar-refractivity contribution in [3.63, 3.8) is 0 Å². The number of rotatable bonds is 10. The second-order valence-electron chi connectivity index (χ2n) is 9.24. The number of carbonyl (C=O) groups is 2. The van der Waals surface area contributed by atoms with Gasteiger partial charge in [-0.1, -0.05) is 55.5 Å². The first kappa shape index (κ1) is 26.2. The van der Waals surface area contributed by atoms with Gasteiger partial charge >= 0.3 is 12.1 Å². The molecule has 6 heteroatoms. The highest BCUT2D eigenvalue weighted by molar-refractivity contribution is 5.81. The summed E-state index contributed by atoms with van der Waals surface area (Å²) < 4.78 is 17.3. The molecule has 1 amide bonds. The lowest BCUT2D eigenvalue weighted by Crippen LogP contribution is -2.45. The van der Waals surface area contributed by atoms with Crippen molar-refractivity contribution in [2.24, 2.45) is 5.92 Å². The van der Waals surface area contributed by atoms with Crippen LogP contribution in [-0.4, -0.2) is 35.9 Å². The fourth-order valence-corrected chi connectivity index (χ4v) is 3.55. The third-order valence-corrected chi connectivity index (χ3v) is 5.22. The molecule has 180 valence electrons. The standard InChI is InChI=1S/C27H37NO5/c1-7-24(32-22-16-12-9-13-17-22)23(18-21-14-10-8-11-15-21)20(3)31-25(29)19(2)28-26(30)33-27(4,5)6/h8-17,19-20,23-24H,7,18H2,1-6H3,(H,28,30)/t19-,20-,23-,24+/m0/s1. The zero-order chi connectivity index (χ0) is 24.4. The predicted octanol–water partition coefficient (Wildman–Crippen LogP) is 5.55. The van der Waals surface area contributed by atoms with Crippen molar-refractivity contribution in [3.8, 4) is 5.75 Å². The number of esters is 1. The van der Waals surface area contributed by atoms with Gasteiger partial charge in [-0.3, -0.25) is 0 Å². The van der Waals surface area contributed by atoms with E-state index in [1.165, 1.54) is 0 Å². The summed E-state index contributed by atoms with van der Waals surface area (Å²) in [5.74, 6) is 0.178. The van der Waals surface area contributed by atoms with Gasteiger partial charge in [0.1, 0.15) is 29.6 Å². The van der Waals surface area contributed by atoms with Gasteiger partial charge in [-0.2, -0.15) is 0 Å². The van der Waals surface area contributed by atoms with Gasteiger partial charge in [0.25, 0.3) is 0 Å². The molecule has 0 saturated heterocycles. The van der Waals surface area contributed by atoms with Gasteiger partial charge in [-0.05, 0) is 65.2 Å². The average molecular weight is 456 g/mol. The van der Waals surface area contributed by atoms with Crippen LogP contribution in [0.5, 0.6) is 5.75 Å². The Morgan fingerprint density at radius 1 is 0.939 bits per heavy atom. The molecule has 0 unspecified atom stereocenters. The number of amides is 1. The number of carbonyl (C=O) groups excluding carboxylic acids is 2.